The van der Waals surface area contributed by atoms with Gasteiger partial charge < -0.3 is 24.1 Å². The zero-order valence-electron chi connectivity index (χ0n) is 17.4. The Morgan fingerprint density at radius 1 is 1.30 bits per heavy atom. The van der Waals surface area contributed by atoms with E-state index in [1.165, 1.54) is 5.56 Å². The summed E-state index contributed by atoms with van der Waals surface area (Å²) in [6, 6.07) is 2.09. The molecule has 1 aromatic carbocycles. The maximum absolute atomic E-state index is 9.14. The Labute approximate surface area is 163 Å². The number of hydrogen-bond acceptors (Lipinski definition) is 5. The second kappa shape index (κ2) is 10.1. The molecule has 0 bridgehead atoms. The lowest BCUT2D eigenvalue weighted by molar-refractivity contribution is -0.00904. The lowest BCUT2D eigenvalue weighted by Gasteiger charge is -2.37. The van der Waals surface area contributed by atoms with Crippen LogP contribution in [0, 0.1) is 13.8 Å². The van der Waals surface area contributed by atoms with Crippen LogP contribution in [0.3, 0.4) is 0 Å². The molecule has 1 N–H and O–H groups in total. The maximum atomic E-state index is 9.14. The van der Waals surface area contributed by atoms with Gasteiger partial charge in [-0.05, 0) is 76.1 Å². The van der Waals surface area contributed by atoms with Gasteiger partial charge in [0.1, 0.15) is 17.1 Å². The first-order chi connectivity index (χ1) is 12.9. The van der Waals surface area contributed by atoms with E-state index in [-0.39, 0.29) is 19.0 Å². The smallest absolute Gasteiger partial charge is 0.189 e. The summed E-state index contributed by atoms with van der Waals surface area (Å²) in [5.74, 6) is 1.86. The third-order valence-corrected chi connectivity index (χ3v) is 5.29. The van der Waals surface area contributed by atoms with Crippen LogP contribution >= 0.6 is 0 Å². The van der Waals surface area contributed by atoms with E-state index in [1.54, 1.807) is 7.11 Å². The van der Waals surface area contributed by atoms with Crippen LogP contribution in [0.1, 0.15) is 49.8 Å². The maximum Gasteiger partial charge on any atom is 0.189 e. The minimum Gasteiger partial charge on any atom is -0.487 e. The van der Waals surface area contributed by atoms with Crippen molar-refractivity contribution < 1.29 is 24.1 Å². The van der Waals surface area contributed by atoms with Crippen LogP contribution in [0.4, 0.5) is 0 Å². The molecule has 0 amide bonds. The summed E-state index contributed by atoms with van der Waals surface area (Å²) in [6.45, 7) is 9.70. The second-order valence-electron chi connectivity index (χ2n) is 7.58. The summed E-state index contributed by atoms with van der Waals surface area (Å²) < 4.78 is 22.7. The van der Waals surface area contributed by atoms with Crippen molar-refractivity contribution in [3.63, 3.8) is 0 Å². The Balaban J connectivity index is 2.05. The average Bonchev–Trinajstić information content (AvgIpc) is 2.66. The Morgan fingerprint density at radius 2 is 2.07 bits per heavy atom. The molecular formula is C22H34O5. The van der Waals surface area contributed by atoms with E-state index in [1.807, 2.05) is 6.92 Å². The van der Waals surface area contributed by atoms with Crippen molar-refractivity contribution in [2.75, 3.05) is 33.7 Å². The fourth-order valence-corrected chi connectivity index (χ4v) is 3.27. The predicted octanol–water partition coefficient (Wildman–Crippen LogP) is 4.11. The summed E-state index contributed by atoms with van der Waals surface area (Å²) in [7, 11) is 1.65. The molecule has 5 heteroatoms. The number of aliphatic hydroxyl groups excluding tert-OH is 1. The Morgan fingerprint density at radius 3 is 2.78 bits per heavy atom. The number of benzene rings is 1. The third-order valence-electron chi connectivity index (χ3n) is 5.29. The zero-order chi connectivity index (χ0) is 19.9. The molecule has 2 rings (SSSR count). The minimum atomic E-state index is -0.178. The van der Waals surface area contributed by atoms with Crippen LogP contribution in [0.2, 0.25) is 0 Å². The van der Waals surface area contributed by atoms with E-state index in [0.717, 1.165) is 53.9 Å². The molecule has 1 aliphatic rings. The van der Waals surface area contributed by atoms with E-state index in [0.29, 0.717) is 13.2 Å². The fourth-order valence-electron chi connectivity index (χ4n) is 3.27. The number of aliphatic hydroxyl groups is 1. The monoisotopic (exact) mass is 378 g/mol. The van der Waals surface area contributed by atoms with Gasteiger partial charge in [-0.2, -0.15) is 0 Å². The Bertz CT molecular complexity index is 653. The van der Waals surface area contributed by atoms with Gasteiger partial charge in [-0.3, -0.25) is 0 Å². The quantitative estimate of drug-likeness (QED) is 0.377. The number of fused-ring (bicyclic) bond motifs is 1. The highest BCUT2D eigenvalue weighted by Crippen LogP contribution is 2.42. The summed E-state index contributed by atoms with van der Waals surface area (Å²) in [5, 5.41) is 9.14. The van der Waals surface area contributed by atoms with Crippen molar-refractivity contribution in [2.45, 2.75) is 59.0 Å². The lowest BCUT2D eigenvalue weighted by Crippen LogP contribution is -2.36. The zero-order valence-corrected chi connectivity index (χ0v) is 17.4. The number of hydrogen-bond donors (Lipinski definition) is 1. The van der Waals surface area contributed by atoms with Crippen LogP contribution < -0.4 is 9.47 Å². The molecule has 0 aromatic heterocycles. The first-order valence-electron chi connectivity index (χ1n) is 9.68. The van der Waals surface area contributed by atoms with Crippen molar-refractivity contribution in [1.82, 2.24) is 0 Å². The second-order valence-corrected chi connectivity index (χ2v) is 7.58. The average molecular weight is 379 g/mol. The number of methoxy groups -OCH3 is 1. The summed E-state index contributed by atoms with van der Waals surface area (Å²) in [4.78, 5) is 0. The molecule has 1 aliphatic heterocycles. The highest BCUT2D eigenvalue weighted by Gasteiger charge is 2.32. The first-order valence-corrected chi connectivity index (χ1v) is 9.68. The van der Waals surface area contributed by atoms with Gasteiger partial charge in [0.2, 0.25) is 0 Å². The molecule has 1 aromatic rings. The molecule has 5 nitrogen and oxygen atoms in total. The number of rotatable bonds is 10. The third kappa shape index (κ3) is 5.96. The molecule has 152 valence electrons. The van der Waals surface area contributed by atoms with Gasteiger partial charge in [-0.1, -0.05) is 11.6 Å². The normalized spacial score (nSPS) is 19.6. The Hall–Kier alpha value is -1.56. The van der Waals surface area contributed by atoms with Gasteiger partial charge in [0, 0.05) is 7.11 Å². The summed E-state index contributed by atoms with van der Waals surface area (Å²) >= 11 is 0. The van der Waals surface area contributed by atoms with Gasteiger partial charge in [0.25, 0.3) is 0 Å². The van der Waals surface area contributed by atoms with Gasteiger partial charge >= 0.3 is 0 Å². The molecule has 0 fully saturated rings. The van der Waals surface area contributed by atoms with Crippen molar-refractivity contribution in [1.29, 1.82) is 0 Å². The fraction of sp³-hybridized carbons (Fsp3) is 0.636. The number of allylic oxidation sites excluding steroid dienone is 1. The highest BCUT2D eigenvalue weighted by molar-refractivity contribution is 5.53. The van der Waals surface area contributed by atoms with E-state index in [4.69, 9.17) is 24.1 Å². The van der Waals surface area contributed by atoms with Crippen LogP contribution in [0.25, 0.3) is 0 Å². The molecular weight excluding hydrogens is 344 g/mol. The largest absolute Gasteiger partial charge is 0.487 e. The summed E-state index contributed by atoms with van der Waals surface area (Å²) in [5.41, 5.74) is 4.25. The molecule has 1 atom stereocenters. The predicted molar refractivity (Wildman–Crippen MR) is 107 cm³/mol. The molecule has 0 spiro atoms. The van der Waals surface area contributed by atoms with E-state index in [9.17, 15) is 0 Å². The topological polar surface area (TPSA) is 57.2 Å². The molecule has 1 heterocycles. The highest BCUT2D eigenvalue weighted by atomic mass is 16.7. The van der Waals surface area contributed by atoms with Gasteiger partial charge in [0.05, 0.1) is 19.8 Å². The minimum absolute atomic E-state index is 0.122. The first kappa shape index (κ1) is 21.7. The van der Waals surface area contributed by atoms with Crippen molar-refractivity contribution in [2.24, 2.45) is 0 Å². The number of aryl methyl sites for hydroxylation is 1. The molecule has 0 aliphatic carbocycles. The lowest BCUT2D eigenvalue weighted by atomic mass is 9.87. The van der Waals surface area contributed by atoms with Crippen LogP contribution in [0.5, 0.6) is 11.5 Å². The van der Waals surface area contributed by atoms with Gasteiger partial charge in [-0.25, -0.2) is 0 Å². The molecule has 0 saturated carbocycles. The van der Waals surface area contributed by atoms with Crippen molar-refractivity contribution in [3.05, 3.63) is 34.4 Å². The molecule has 0 radical (unpaired) electrons. The van der Waals surface area contributed by atoms with Crippen molar-refractivity contribution >= 4 is 0 Å². The van der Waals surface area contributed by atoms with E-state index in [2.05, 4.69) is 32.9 Å². The van der Waals surface area contributed by atoms with E-state index >= 15 is 0 Å². The SMILES string of the molecule is COCCOCOc1cc2c(c(C)c1C)OC(C)(CCC=C(C)CO)CC2. The van der Waals surface area contributed by atoms with E-state index < -0.39 is 0 Å². The van der Waals surface area contributed by atoms with Crippen LogP contribution in [-0.4, -0.2) is 44.4 Å². The van der Waals surface area contributed by atoms with Gasteiger partial charge in [-0.15, -0.1) is 0 Å². The standard InChI is InChI=1S/C22H34O5/c1-16(14-23)7-6-9-22(4)10-8-19-13-20(26-15-25-12-11-24-5)17(2)18(3)21(19)27-22/h7,13,23H,6,8-12,14-15H2,1-5H3. The van der Waals surface area contributed by atoms with Gasteiger partial charge in [0.15, 0.2) is 6.79 Å². The Kier molecular flexibility index (Phi) is 8.14. The number of ether oxygens (including phenoxy) is 4. The van der Waals surface area contributed by atoms with Crippen LogP contribution in [-0.2, 0) is 15.9 Å². The van der Waals surface area contributed by atoms with Crippen LogP contribution in [0.15, 0.2) is 17.7 Å². The molecule has 1 unspecified atom stereocenters. The van der Waals surface area contributed by atoms with Crippen molar-refractivity contribution in [3.8, 4) is 11.5 Å². The summed E-state index contributed by atoms with van der Waals surface area (Å²) in [6.07, 6.45) is 5.89. The molecule has 0 saturated heterocycles. The molecule has 27 heavy (non-hydrogen) atoms.